The molecule has 9 nitrogen and oxygen atoms in total. The highest BCUT2D eigenvalue weighted by molar-refractivity contribution is 7.89. The van der Waals surface area contributed by atoms with Crippen molar-refractivity contribution in [3.05, 3.63) is 69.8 Å². The van der Waals surface area contributed by atoms with Gasteiger partial charge in [0.15, 0.2) is 5.54 Å². The topological polar surface area (TPSA) is 124 Å². The van der Waals surface area contributed by atoms with E-state index in [1.54, 1.807) is 26.0 Å². The van der Waals surface area contributed by atoms with Gasteiger partial charge in [-0.15, -0.1) is 0 Å². The van der Waals surface area contributed by atoms with Crippen LogP contribution >= 0.6 is 0 Å². The molecule has 1 aliphatic heterocycles. The van der Waals surface area contributed by atoms with Crippen LogP contribution in [0.5, 0.6) is 0 Å². The van der Waals surface area contributed by atoms with Gasteiger partial charge in [-0.25, -0.2) is 17.5 Å². The van der Waals surface area contributed by atoms with E-state index < -0.39 is 38.3 Å². The quantitative estimate of drug-likeness (QED) is 0.380. The lowest BCUT2D eigenvalue weighted by molar-refractivity contribution is -0.384. The maximum absolute atomic E-state index is 13.4. The highest BCUT2D eigenvalue weighted by Gasteiger charge is 2.61. The number of non-ortho nitro benzene ring substituents is 1. The van der Waals surface area contributed by atoms with E-state index in [2.05, 4.69) is 0 Å². The first-order chi connectivity index (χ1) is 14.5. The van der Waals surface area contributed by atoms with Crippen molar-refractivity contribution < 1.29 is 27.7 Å². The Morgan fingerprint density at radius 3 is 2.29 bits per heavy atom. The fourth-order valence-corrected chi connectivity index (χ4v) is 5.56. The van der Waals surface area contributed by atoms with Gasteiger partial charge >= 0.3 is 5.97 Å². The summed E-state index contributed by atoms with van der Waals surface area (Å²) in [5.41, 5.74) is -0.748. The summed E-state index contributed by atoms with van der Waals surface area (Å²) in [7, 11) is -4.36. The van der Waals surface area contributed by atoms with E-state index in [-0.39, 0.29) is 23.6 Å². The van der Waals surface area contributed by atoms with Gasteiger partial charge in [-0.2, -0.15) is 0 Å². The third-order valence-electron chi connectivity index (χ3n) is 5.46. The molecule has 1 fully saturated rings. The van der Waals surface area contributed by atoms with Crippen molar-refractivity contribution in [1.82, 2.24) is 4.31 Å². The number of hydrogen-bond donors (Lipinski definition) is 0. The molecule has 0 N–H and O–H groups in total. The van der Waals surface area contributed by atoms with Gasteiger partial charge in [0.05, 0.1) is 16.4 Å². The molecular formula is C21H22N2O7S. The highest BCUT2D eigenvalue weighted by Crippen LogP contribution is 2.46. The lowest BCUT2D eigenvalue weighted by atomic mass is 9.81. The Morgan fingerprint density at radius 1 is 1.19 bits per heavy atom. The number of aryl methyl sites for hydroxylation is 1. The summed E-state index contributed by atoms with van der Waals surface area (Å²) < 4.78 is 32.6. The number of esters is 1. The van der Waals surface area contributed by atoms with Crippen LogP contribution in [0.25, 0.3) is 0 Å². The normalized spacial score (nSPS) is 21.2. The Hall–Kier alpha value is -3.27. The third kappa shape index (κ3) is 3.78. The number of sulfonamides is 1. The first kappa shape index (κ1) is 22.4. The number of hydrogen-bond acceptors (Lipinski definition) is 7. The van der Waals surface area contributed by atoms with E-state index in [1.165, 1.54) is 43.3 Å². The molecule has 2 atom stereocenters. The molecule has 31 heavy (non-hydrogen) atoms. The minimum Gasteiger partial charge on any atom is -0.464 e. The van der Waals surface area contributed by atoms with Gasteiger partial charge in [0.2, 0.25) is 5.91 Å². The fraction of sp³-hybridized carbons (Fsp3) is 0.333. The number of benzene rings is 2. The fourth-order valence-electron chi connectivity index (χ4n) is 3.83. The van der Waals surface area contributed by atoms with Crippen molar-refractivity contribution in [1.29, 1.82) is 0 Å². The van der Waals surface area contributed by atoms with Crippen molar-refractivity contribution >= 4 is 27.6 Å². The molecule has 0 aromatic heterocycles. The van der Waals surface area contributed by atoms with E-state index >= 15 is 0 Å². The summed E-state index contributed by atoms with van der Waals surface area (Å²) in [5.74, 6) is -2.49. The summed E-state index contributed by atoms with van der Waals surface area (Å²) in [5, 5.41) is 11.0. The van der Waals surface area contributed by atoms with Crippen LogP contribution in [0.4, 0.5) is 5.69 Å². The molecule has 10 heteroatoms. The van der Waals surface area contributed by atoms with Crippen molar-refractivity contribution in [3.8, 4) is 0 Å². The molecule has 0 bridgehead atoms. The number of nitro benzene ring substituents is 1. The molecule has 1 heterocycles. The molecule has 0 unspecified atom stereocenters. The molecule has 1 saturated heterocycles. The van der Waals surface area contributed by atoms with Gasteiger partial charge in [-0.1, -0.05) is 29.8 Å². The number of ether oxygens (including phenoxy) is 1. The van der Waals surface area contributed by atoms with Crippen molar-refractivity contribution in [2.24, 2.45) is 0 Å². The first-order valence-corrected chi connectivity index (χ1v) is 11.0. The van der Waals surface area contributed by atoms with Gasteiger partial charge in [-0.3, -0.25) is 14.9 Å². The maximum Gasteiger partial charge on any atom is 0.333 e. The van der Waals surface area contributed by atoms with Crippen molar-refractivity contribution in [2.75, 3.05) is 6.61 Å². The summed E-state index contributed by atoms with van der Waals surface area (Å²) in [6.07, 6.45) is -0.266. The minimum absolute atomic E-state index is 0.00594. The molecule has 0 radical (unpaired) electrons. The van der Waals surface area contributed by atoms with Crippen molar-refractivity contribution in [3.63, 3.8) is 0 Å². The number of rotatable bonds is 6. The van der Waals surface area contributed by atoms with Gasteiger partial charge in [0, 0.05) is 24.5 Å². The van der Waals surface area contributed by atoms with E-state index in [0.29, 0.717) is 9.87 Å². The number of nitro groups is 1. The maximum atomic E-state index is 13.4. The Labute approximate surface area is 179 Å². The molecule has 3 rings (SSSR count). The second-order valence-electron chi connectivity index (χ2n) is 7.45. The van der Waals surface area contributed by atoms with Crippen LogP contribution in [-0.2, 0) is 24.3 Å². The Balaban J connectivity index is 2.14. The molecule has 1 aliphatic rings. The molecule has 164 valence electrons. The smallest absolute Gasteiger partial charge is 0.333 e. The average Bonchev–Trinajstić information content (AvgIpc) is 3.00. The number of carbonyl (C=O) groups is 2. The van der Waals surface area contributed by atoms with Gasteiger partial charge in [-0.05, 0) is 38.5 Å². The first-order valence-electron chi connectivity index (χ1n) is 9.60. The van der Waals surface area contributed by atoms with Crippen LogP contribution in [0.1, 0.15) is 37.3 Å². The van der Waals surface area contributed by atoms with Crippen molar-refractivity contribution in [2.45, 2.75) is 43.5 Å². The van der Waals surface area contributed by atoms with Crippen LogP contribution in [0.2, 0.25) is 0 Å². The summed E-state index contributed by atoms with van der Waals surface area (Å²) in [6.45, 7) is 4.73. The Kier molecular flexibility index (Phi) is 5.86. The predicted molar refractivity (Wildman–Crippen MR) is 111 cm³/mol. The lowest BCUT2D eigenvalue weighted by Crippen LogP contribution is -2.55. The van der Waals surface area contributed by atoms with Crippen LogP contribution in [0.15, 0.2) is 53.4 Å². The second kappa shape index (κ2) is 8.10. The highest BCUT2D eigenvalue weighted by atomic mass is 32.2. The van der Waals surface area contributed by atoms with Crippen LogP contribution < -0.4 is 0 Å². The zero-order chi connectivity index (χ0) is 23.0. The largest absolute Gasteiger partial charge is 0.464 e. The molecule has 0 saturated carbocycles. The molecule has 0 aliphatic carbocycles. The molecular weight excluding hydrogens is 424 g/mol. The second-order valence-corrected chi connectivity index (χ2v) is 9.24. The summed E-state index contributed by atoms with van der Waals surface area (Å²) >= 11 is 0. The molecule has 1 amide bonds. The summed E-state index contributed by atoms with van der Waals surface area (Å²) in [6, 6.07) is 11.3. The number of nitrogens with zero attached hydrogens (tertiary/aromatic N) is 2. The van der Waals surface area contributed by atoms with Crippen LogP contribution in [-0.4, -0.2) is 41.7 Å². The molecule has 2 aromatic rings. The third-order valence-corrected chi connectivity index (χ3v) is 7.39. The standard InChI is InChI=1S/C21H22N2O7S/c1-4-30-20(25)21(3)18(15-7-9-16(10-8-15)23(26)27)13-19(24)22(21)31(28,29)17-11-5-14(2)6-12-17/h5-12,18H,4,13H2,1-3H3/t18-,21+/m1/s1. The number of amides is 1. The van der Waals surface area contributed by atoms with Gasteiger partial charge in [0.25, 0.3) is 15.7 Å². The zero-order valence-electron chi connectivity index (χ0n) is 17.3. The lowest BCUT2D eigenvalue weighted by Gasteiger charge is -2.36. The van der Waals surface area contributed by atoms with E-state index in [0.717, 1.165) is 5.56 Å². The summed E-state index contributed by atoms with van der Waals surface area (Å²) in [4.78, 5) is 36.3. The zero-order valence-corrected chi connectivity index (χ0v) is 18.1. The monoisotopic (exact) mass is 446 g/mol. The van der Waals surface area contributed by atoms with Crippen LogP contribution in [0, 0.1) is 17.0 Å². The minimum atomic E-state index is -4.36. The van der Waals surface area contributed by atoms with E-state index in [9.17, 15) is 28.1 Å². The SMILES string of the molecule is CCOC(=O)[C@]1(C)[C@@H](c2ccc([N+](=O)[O-])cc2)CC(=O)N1S(=O)(=O)c1ccc(C)cc1. The molecule has 0 spiro atoms. The molecule has 2 aromatic carbocycles. The Bertz CT molecular complexity index is 1130. The van der Waals surface area contributed by atoms with Gasteiger partial charge < -0.3 is 4.74 Å². The predicted octanol–water partition coefficient (Wildman–Crippen LogP) is 2.93. The van der Waals surface area contributed by atoms with Crippen LogP contribution in [0.3, 0.4) is 0 Å². The number of carbonyl (C=O) groups excluding carboxylic acids is 2. The van der Waals surface area contributed by atoms with E-state index in [1.807, 2.05) is 0 Å². The van der Waals surface area contributed by atoms with Gasteiger partial charge in [0.1, 0.15) is 0 Å². The average molecular weight is 446 g/mol. The Morgan fingerprint density at radius 2 is 1.77 bits per heavy atom. The van der Waals surface area contributed by atoms with E-state index in [4.69, 9.17) is 4.74 Å².